The summed E-state index contributed by atoms with van der Waals surface area (Å²) in [5.74, 6) is 0.412. The van der Waals surface area contributed by atoms with Crippen LogP contribution in [-0.2, 0) is 10.0 Å². The number of aryl methyl sites for hydroxylation is 2. The fourth-order valence-corrected chi connectivity index (χ4v) is 3.77. The lowest BCUT2D eigenvalue weighted by Gasteiger charge is -2.07. The van der Waals surface area contributed by atoms with Crippen LogP contribution >= 0.6 is 15.9 Å². The molecule has 22 heavy (non-hydrogen) atoms. The zero-order chi connectivity index (χ0) is 15.9. The maximum atomic E-state index is 12.4. The third-order valence-electron chi connectivity index (χ3n) is 2.98. The Morgan fingerprint density at radius 1 is 1.27 bits per heavy atom. The number of hydrogen-bond donors (Lipinski definition) is 1. The van der Waals surface area contributed by atoms with Crippen LogP contribution in [0.2, 0.25) is 0 Å². The van der Waals surface area contributed by atoms with Crippen LogP contribution in [-0.4, -0.2) is 23.5 Å². The molecule has 9 heteroatoms. The standard InChI is InChI=1S/C13H11BrN4O3S/c1-7-12(8(2)21-17-7)22(19,20)18-11-4-3-9-5-10(14)6-15-13(9)16-11/h3-6H,1-2H3,(H,15,16,18). The number of hydrogen-bond acceptors (Lipinski definition) is 6. The molecule has 3 heterocycles. The van der Waals surface area contributed by atoms with Crippen molar-refractivity contribution < 1.29 is 12.9 Å². The molecule has 0 spiro atoms. The van der Waals surface area contributed by atoms with Crippen LogP contribution < -0.4 is 4.72 Å². The maximum Gasteiger partial charge on any atom is 0.268 e. The molecular formula is C13H11BrN4O3S. The number of fused-ring (bicyclic) bond motifs is 1. The Morgan fingerprint density at radius 3 is 2.73 bits per heavy atom. The monoisotopic (exact) mass is 382 g/mol. The second-order valence-electron chi connectivity index (χ2n) is 4.66. The van der Waals surface area contributed by atoms with Crippen LogP contribution in [0.15, 0.2) is 38.3 Å². The van der Waals surface area contributed by atoms with Gasteiger partial charge in [0.25, 0.3) is 10.0 Å². The molecule has 7 nitrogen and oxygen atoms in total. The predicted molar refractivity (Wildman–Crippen MR) is 84.0 cm³/mol. The third kappa shape index (κ3) is 2.69. The number of pyridine rings is 2. The van der Waals surface area contributed by atoms with Crippen molar-refractivity contribution in [3.8, 4) is 0 Å². The summed E-state index contributed by atoms with van der Waals surface area (Å²) >= 11 is 3.32. The molecule has 114 valence electrons. The highest BCUT2D eigenvalue weighted by atomic mass is 79.9. The molecule has 0 atom stereocenters. The molecule has 0 aliphatic carbocycles. The number of rotatable bonds is 3. The molecule has 0 radical (unpaired) electrons. The van der Waals surface area contributed by atoms with Gasteiger partial charge in [0.1, 0.15) is 11.5 Å². The molecule has 1 N–H and O–H groups in total. The lowest BCUT2D eigenvalue weighted by molar-refractivity contribution is 0.390. The van der Waals surface area contributed by atoms with Gasteiger partial charge in [0.05, 0.1) is 0 Å². The van der Waals surface area contributed by atoms with E-state index in [-0.39, 0.29) is 16.5 Å². The molecule has 0 aliphatic rings. The topological polar surface area (TPSA) is 98.0 Å². The Labute approximate surface area is 134 Å². The quantitative estimate of drug-likeness (QED) is 0.747. The van der Waals surface area contributed by atoms with Gasteiger partial charge in [-0.3, -0.25) is 4.72 Å². The van der Waals surface area contributed by atoms with Gasteiger partial charge in [-0.1, -0.05) is 5.16 Å². The Kier molecular flexibility index (Phi) is 3.61. The number of sulfonamides is 1. The number of halogens is 1. The lowest BCUT2D eigenvalue weighted by atomic mass is 10.3. The highest BCUT2D eigenvalue weighted by molar-refractivity contribution is 9.10. The molecule has 0 bridgehead atoms. The number of nitrogens with zero attached hydrogens (tertiary/aromatic N) is 3. The van der Waals surface area contributed by atoms with Crippen molar-refractivity contribution in [2.75, 3.05) is 4.72 Å². The fourth-order valence-electron chi connectivity index (χ4n) is 2.09. The number of aromatic nitrogens is 3. The third-order valence-corrected chi connectivity index (χ3v) is 5.02. The van der Waals surface area contributed by atoms with Crippen LogP contribution in [0, 0.1) is 13.8 Å². The van der Waals surface area contributed by atoms with Crippen LogP contribution in [0.3, 0.4) is 0 Å². The van der Waals surface area contributed by atoms with Crippen molar-refractivity contribution in [1.82, 2.24) is 15.1 Å². The van der Waals surface area contributed by atoms with E-state index in [1.54, 1.807) is 32.2 Å². The molecule has 3 aromatic heterocycles. The summed E-state index contributed by atoms with van der Waals surface area (Å²) in [5.41, 5.74) is 0.745. The zero-order valence-electron chi connectivity index (χ0n) is 11.7. The summed E-state index contributed by atoms with van der Waals surface area (Å²) in [6.45, 7) is 3.11. The van der Waals surface area contributed by atoms with Gasteiger partial charge in [-0.15, -0.1) is 0 Å². The van der Waals surface area contributed by atoms with E-state index in [0.717, 1.165) is 9.86 Å². The summed E-state index contributed by atoms with van der Waals surface area (Å²) in [5, 5.41) is 4.45. The van der Waals surface area contributed by atoms with Gasteiger partial charge < -0.3 is 4.52 Å². The van der Waals surface area contributed by atoms with E-state index in [9.17, 15) is 8.42 Å². The summed E-state index contributed by atoms with van der Waals surface area (Å²) in [6, 6.07) is 5.17. The summed E-state index contributed by atoms with van der Waals surface area (Å²) in [6.07, 6.45) is 1.60. The molecule has 0 unspecified atom stereocenters. The Bertz CT molecular complexity index is 949. The van der Waals surface area contributed by atoms with E-state index in [4.69, 9.17) is 4.52 Å². The van der Waals surface area contributed by atoms with E-state index in [1.165, 1.54) is 0 Å². The Balaban J connectivity index is 2.01. The highest BCUT2D eigenvalue weighted by Crippen LogP contribution is 2.23. The van der Waals surface area contributed by atoms with Crippen LogP contribution in [0.5, 0.6) is 0 Å². The van der Waals surface area contributed by atoms with Gasteiger partial charge in [0.2, 0.25) is 0 Å². The Morgan fingerprint density at radius 2 is 2.05 bits per heavy atom. The molecule has 0 aromatic carbocycles. The molecule has 0 fully saturated rings. The molecule has 3 rings (SSSR count). The van der Waals surface area contributed by atoms with Gasteiger partial charge in [-0.2, -0.15) is 0 Å². The van der Waals surface area contributed by atoms with Crippen molar-refractivity contribution >= 4 is 42.8 Å². The largest absolute Gasteiger partial charge is 0.360 e. The second kappa shape index (κ2) is 5.33. The number of nitrogens with one attached hydrogen (secondary N) is 1. The van der Waals surface area contributed by atoms with E-state index < -0.39 is 10.0 Å². The van der Waals surface area contributed by atoms with Gasteiger partial charge in [-0.05, 0) is 48.0 Å². The molecule has 0 saturated carbocycles. The normalized spacial score (nSPS) is 11.8. The minimum atomic E-state index is -3.81. The first-order valence-corrected chi connectivity index (χ1v) is 8.52. The van der Waals surface area contributed by atoms with Gasteiger partial charge in [0.15, 0.2) is 16.3 Å². The minimum absolute atomic E-state index is 0.0261. The average molecular weight is 383 g/mol. The minimum Gasteiger partial charge on any atom is -0.360 e. The highest BCUT2D eigenvalue weighted by Gasteiger charge is 2.24. The second-order valence-corrected chi connectivity index (χ2v) is 7.19. The summed E-state index contributed by atoms with van der Waals surface area (Å²) in [4.78, 5) is 8.37. The van der Waals surface area contributed by atoms with Gasteiger partial charge >= 0.3 is 0 Å². The van der Waals surface area contributed by atoms with Crippen LogP contribution in [0.1, 0.15) is 11.5 Å². The molecule has 0 saturated heterocycles. The summed E-state index contributed by atoms with van der Waals surface area (Å²) in [7, 11) is -3.81. The van der Waals surface area contributed by atoms with E-state index in [1.807, 2.05) is 6.07 Å². The van der Waals surface area contributed by atoms with Crippen molar-refractivity contribution in [1.29, 1.82) is 0 Å². The van der Waals surface area contributed by atoms with Crippen LogP contribution in [0.4, 0.5) is 5.82 Å². The van der Waals surface area contributed by atoms with E-state index >= 15 is 0 Å². The lowest BCUT2D eigenvalue weighted by Crippen LogP contribution is -2.15. The first kappa shape index (κ1) is 14.9. The van der Waals surface area contributed by atoms with Crippen LogP contribution in [0.25, 0.3) is 11.0 Å². The van der Waals surface area contributed by atoms with E-state index in [2.05, 4.69) is 35.8 Å². The van der Waals surface area contributed by atoms with E-state index in [0.29, 0.717) is 11.3 Å². The van der Waals surface area contributed by atoms with Gasteiger partial charge in [0, 0.05) is 16.1 Å². The maximum absolute atomic E-state index is 12.4. The van der Waals surface area contributed by atoms with Crippen molar-refractivity contribution in [3.63, 3.8) is 0 Å². The molecular weight excluding hydrogens is 372 g/mol. The predicted octanol–water partition coefficient (Wildman–Crippen LogP) is 2.80. The van der Waals surface area contributed by atoms with Crippen molar-refractivity contribution in [2.24, 2.45) is 0 Å². The molecule has 0 aliphatic heterocycles. The van der Waals surface area contributed by atoms with Crippen molar-refractivity contribution in [2.45, 2.75) is 18.7 Å². The van der Waals surface area contributed by atoms with Crippen molar-refractivity contribution in [3.05, 3.63) is 40.3 Å². The Hall–Kier alpha value is -2.00. The first-order chi connectivity index (χ1) is 10.4. The summed E-state index contributed by atoms with van der Waals surface area (Å²) < 4.78 is 33.0. The smallest absolute Gasteiger partial charge is 0.268 e. The van der Waals surface area contributed by atoms with Gasteiger partial charge in [-0.25, -0.2) is 18.4 Å². The molecule has 0 amide bonds. The molecule has 3 aromatic rings. The zero-order valence-corrected chi connectivity index (χ0v) is 14.1. The fraction of sp³-hybridized carbons (Fsp3) is 0.154. The number of anilines is 1. The average Bonchev–Trinajstić information content (AvgIpc) is 2.78. The SMILES string of the molecule is Cc1noc(C)c1S(=O)(=O)Nc1ccc2cc(Br)cnc2n1. The first-order valence-electron chi connectivity index (χ1n) is 6.25.